The fourth-order valence-corrected chi connectivity index (χ4v) is 2.88. The zero-order valence-corrected chi connectivity index (χ0v) is 11.7. The van der Waals surface area contributed by atoms with Crippen LogP contribution in [0.15, 0.2) is 39.5 Å². The summed E-state index contributed by atoms with van der Waals surface area (Å²) in [4.78, 5) is 26.4. The average Bonchev–Trinajstić information content (AvgIpc) is 2.53. The van der Waals surface area contributed by atoms with Crippen molar-refractivity contribution < 1.29 is 9.21 Å². The fraction of sp³-hybridized carbons (Fsp3) is 0.375. The molecular weight excluding hydrogens is 268 g/mol. The summed E-state index contributed by atoms with van der Waals surface area (Å²) < 4.78 is 5.24. The third kappa shape index (κ3) is 2.56. The molecule has 1 amide bonds. The van der Waals surface area contributed by atoms with E-state index in [9.17, 15) is 9.59 Å². The summed E-state index contributed by atoms with van der Waals surface area (Å²) in [5.41, 5.74) is 5.74. The van der Waals surface area contributed by atoms with E-state index in [1.54, 1.807) is 23.1 Å². The van der Waals surface area contributed by atoms with Gasteiger partial charge in [-0.25, -0.2) is 4.79 Å². The quantitative estimate of drug-likeness (QED) is 0.853. The van der Waals surface area contributed by atoms with Gasteiger partial charge in [0.25, 0.3) is 5.91 Å². The highest BCUT2D eigenvalue weighted by Crippen LogP contribution is 2.20. The lowest BCUT2D eigenvalue weighted by Crippen LogP contribution is -2.48. The van der Waals surface area contributed by atoms with Crippen LogP contribution >= 0.6 is 0 Å². The molecule has 110 valence electrons. The van der Waals surface area contributed by atoms with Crippen molar-refractivity contribution in [3.8, 4) is 0 Å². The Morgan fingerprint density at radius 1 is 1.33 bits per heavy atom. The number of carbonyl (C=O) groups is 1. The van der Waals surface area contributed by atoms with Crippen LogP contribution < -0.4 is 11.4 Å². The van der Waals surface area contributed by atoms with Gasteiger partial charge in [-0.05, 0) is 31.4 Å². The number of benzene rings is 1. The van der Waals surface area contributed by atoms with Gasteiger partial charge in [0.1, 0.15) is 11.1 Å². The molecule has 1 aliphatic heterocycles. The first-order chi connectivity index (χ1) is 10.2. The molecule has 0 spiro atoms. The molecule has 1 fully saturated rings. The van der Waals surface area contributed by atoms with E-state index < -0.39 is 5.63 Å². The van der Waals surface area contributed by atoms with Crippen LogP contribution in [0, 0.1) is 0 Å². The van der Waals surface area contributed by atoms with Crippen LogP contribution in [0.4, 0.5) is 0 Å². The number of rotatable bonds is 2. The fourth-order valence-electron chi connectivity index (χ4n) is 2.88. The minimum atomic E-state index is -0.583. The minimum Gasteiger partial charge on any atom is -0.422 e. The smallest absolute Gasteiger partial charge is 0.349 e. The molecule has 5 heteroatoms. The van der Waals surface area contributed by atoms with E-state index in [4.69, 9.17) is 10.2 Å². The van der Waals surface area contributed by atoms with Crippen LogP contribution in [0.3, 0.4) is 0 Å². The number of likely N-dealkylation sites (tertiary alicyclic amines) is 1. The van der Waals surface area contributed by atoms with E-state index in [0.29, 0.717) is 18.7 Å². The monoisotopic (exact) mass is 286 g/mol. The number of nitrogens with zero attached hydrogens (tertiary/aromatic N) is 1. The van der Waals surface area contributed by atoms with Crippen molar-refractivity contribution in [1.82, 2.24) is 4.90 Å². The van der Waals surface area contributed by atoms with Crippen LogP contribution in [0.5, 0.6) is 0 Å². The number of piperidine rings is 1. The van der Waals surface area contributed by atoms with E-state index in [1.807, 2.05) is 12.1 Å². The van der Waals surface area contributed by atoms with Crippen molar-refractivity contribution in [3.05, 3.63) is 46.3 Å². The number of para-hydroxylation sites is 1. The molecule has 1 aliphatic rings. The zero-order chi connectivity index (χ0) is 14.8. The number of carbonyl (C=O) groups excluding carboxylic acids is 1. The summed E-state index contributed by atoms with van der Waals surface area (Å²) in [5.74, 6) is -0.273. The molecule has 2 aromatic rings. The van der Waals surface area contributed by atoms with Gasteiger partial charge in [-0.3, -0.25) is 4.79 Å². The van der Waals surface area contributed by atoms with Crippen molar-refractivity contribution in [1.29, 1.82) is 0 Å². The lowest BCUT2D eigenvalue weighted by Gasteiger charge is -2.34. The molecule has 0 bridgehead atoms. The predicted octanol–water partition coefficient (Wildman–Crippen LogP) is 1.75. The van der Waals surface area contributed by atoms with Gasteiger partial charge in [0.05, 0.1) is 0 Å². The van der Waals surface area contributed by atoms with Crippen LogP contribution in [-0.4, -0.2) is 29.9 Å². The largest absolute Gasteiger partial charge is 0.422 e. The number of hydrogen-bond acceptors (Lipinski definition) is 4. The number of hydrogen-bond donors (Lipinski definition) is 1. The van der Waals surface area contributed by atoms with E-state index in [-0.39, 0.29) is 17.5 Å². The zero-order valence-electron chi connectivity index (χ0n) is 11.7. The lowest BCUT2D eigenvalue weighted by molar-refractivity contribution is 0.0619. The summed E-state index contributed by atoms with van der Waals surface area (Å²) in [6.45, 7) is 1.07. The summed E-state index contributed by atoms with van der Waals surface area (Å²) in [6, 6.07) is 8.81. The van der Waals surface area contributed by atoms with Crippen molar-refractivity contribution in [2.24, 2.45) is 5.73 Å². The van der Waals surface area contributed by atoms with E-state index >= 15 is 0 Å². The summed E-state index contributed by atoms with van der Waals surface area (Å²) in [5, 5.41) is 0.752. The lowest BCUT2D eigenvalue weighted by atomic mass is 10.0. The number of nitrogens with two attached hydrogens (primary N) is 1. The highest BCUT2D eigenvalue weighted by atomic mass is 16.4. The molecule has 0 aliphatic carbocycles. The van der Waals surface area contributed by atoms with Gasteiger partial charge in [-0.2, -0.15) is 0 Å². The second-order valence-electron chi connectivity index (χ2n) is 5.37. The summed E-state index contributed by atoms with van der Waals surface area (Å²) in [7, 11) is 0. The molecule has 2 N–H and O–H groups in total. The molecule has 3 rings (SSSR count). The second kappa shape index (κ2) is 5.69. The first-order valence-corrected chi connectivity index (χ1v) is 7.24. The highest BCUT2D eigenvalue weighted by molar-refractivity contribution is 5.96. The average molecular weight is 286 g/mol. The third-order valence-corrected chi connectivity index (χ3v) is 4.03. The third-order valence-electron chi connectivity index (χ3n) is 4.03. The molecule has 0 saturated carbocycles. The van der Waals surface area contributed by atoms with E-state index in [1.165, 1.54) is 0 Å². The van der Waals surface area contributed by atoms with Crippen molar-refractivity contribution in [2.75, 3.05) is 13.1 Å². The van der Waals surface area contributed by atoms with Crippen LogP contribution in [0.2, 0.25) is 0 Å². The normalized spacial score (nSPS) is 18.9. The van der Waals surface area contributed by atoms with Crippen LogP contribution in [-0.2, 0) is 0 Å². The Kier molecular flexibility index (Phi) is 3.75. The predicted molar refractivity (Wildman–Crippen MR) is 80.2 cm³/mol. The van der Waals surface area contributed by atoms with Crippen molar-refractivity contribution >= 4 is 16.9 Å². The van der Waals surface area contributed by atoms with Crippen LogP contribution in [0.1, 0.15) is 29.6 Å². The molecule has 1 aromatic heterocycles. The molecular formula is C16H18N2O3. The Morgan fingerprint density at radius 2 is 2.14 bits per heavy atom. The van der Waals surface area contributed by atoms with Crippen molar-refractivity contribution in [2.45, 2.75) is 25.3 Å². The van der Waals surface area contributed by atoms with Gasteiger partial charge >= 0.3 is 5.63 Å². The van der Waals surface area contributed by atoms with Gasteiger partial charge in [0, 0.05) is 24.5 Å². The van der Waals surface area contributed by atoms with Gasteiger partial charge in [-0.1, -0.05) is 18.2 Å². The van der Waals surface area contributed by atoms with E-state index in [2.05, 4.69) is 0 Å². The topological polar surface area (TPSA) is 76.5 Å². The number of amides is 1. The SMILES string of the molecule is NCC1CCCCN1C(=O)c1cc2ccccc2oc1=O. The molecule has 0 radical (unpaired) electrons. The maximum atomic E-state index is 12.6. The van der Waals surface area contributed by atoms with Crippen LogP contribution in [0.25, 0.3) is 11.0 Å². The second-order valence-corrected chi connectivity index (χ2v) is 5.37. The maximum absolute atomic E-state index is 12.6. The molecule has 5 nitrogen and oxygen atoms in total. The summed E-state index contributed by atoms with van der Waals surface area (Å²) in [6.07, 6.45) is 2.90. The molecule has 1 unspecified atom stereocenters. The Bertz CT molecular complexity index is 723. The van der Waals surface area contributed by atoms with Crippen molar-refractivity contribution in [3.63, 3.8) is 0 Å². The maximum Gasteiger partial charge on any atom is 0.349 e. The highest BCUT2D eigenvalue weighted by Gasteiger charge is 2.28. The Morgan fingerprint density at radius 3 is 2.95 bits per heavy atom. The summed E-state index contributed by atoms with van der Waals surface area (Å²) >= 11 is 0. The molecule has 21 heavy (non-hydrogen) atoms. The van der Waals surface area contributed by atoms with Gasteiger partial charge < -0.3 is 15.1 Å². The molecule has 1 saturated heterocycles. The molecule has 2 heterocycles. The standard InChI is InChI=1S/C16H18N2O3/c17-10-12-6-3-4-8-18(12)15(19)13-9-11-5-1-2-7-14(11)21-16(13)20/h1-2,5,7,9,12H,3-4,6,8,10,17H2. The minimum absolute atomic E-state index is 0.0112. The number of fused-ring (bicyclic) bond motifs is 1. The van der Waals surface area contributed by atoms with Gasteiger partial charge in [-0.15, -0.1) is 0 Å². The Balaban J connectivity index is 2.00. The molecule has 1 atom stereocenters. The van der Waals surface area contributed by atoms with Gasteiger partial charge in [0.2, 0.25) is 0 Å². The Labute approximate surface area is 122 Å². The first-order valence-electron chi connectivity index (χ1n) is 7.24. The van der Waals surface area contributed by atoms with Gasteiger partial charge in [0.15, 0.2) is 0 Å². The first kappa shape index (κ1) is 13.8. The van der Waals surface area contributed by atoms with E-state index in [0.717, 1.165) is 24.6 Å². The Hall–Kier alpha value is -2.14. The molecule has 1 aromatic carbocycles.